The normalized spacial score (nSPS) is 12.9. The van der Waals surface area contributed by atoms with Crippen molar-refractivity contribution in [3.8, 4) is 0 Å². The highest BCUT2D eigenvalue weighted by molar-refractivity contribution is 7.89. The van der Waals surface area contributed by atoms with Crippen LogP contribution in [0.4, 0.5) is 5.69 Å². The first kappa shape index (κ1) is 22.9. The molecule has 3 aromatic rings. The number of sulfonamides is 1. The first-order chi connectivity index (χ1) is 14.5. The van der Waals surface area contributed by atoms with E-state index in [0.29, 0.717) is 9.79 Å². The third-order valence-electron chi connectivity index (χ3n) is 4.67. The summed E-state index contributed by atoms with van der Waals surface area (Å²) >= 11 is 0. The van der Waals surface area contributed by atoms with E-state index in [-0.39, 0.29) is 21.6 Å². The van der Waals surface area contributed by atoms with E-state index in [1.54, 1.807) is 42.5 Å². The molecule has 6 nitrogen and oxygen atoms in total. The molecule has 31 heavy (non-hydrogen) atoms. The number of carbonyl (C=O) groups excluding carboxylic acids is 1. The number of carbonyl (C=O) groups is 1. The molecule has 3 rings (SSSR count). The highest BCUT2D eigenvalue weighted by atomic mass is 32.2. The summed E-state index contributed by atoms with van der Waals surface area (Å²) in [5, 5.41) is 7.85. The Labute approximate surface area is 185 Å². The summed E-state index contributed by atoms with van der Waals surface area (Å²) in [6.07, 6.45) is 0. The molecule has 0 aliphatic heterocycles. The number of rotatable bonds is 5. The number of benzene rings is 3. The molecule has 0 saturated heterocycles. The average molecular weight is 457 g/mol. The second-order valence-electron chi connectivity index (χ2n) is 8.07. The number of nitrogens with two attached hydrogens (primary N) is 1. The van der Waals surface area contributed by atoms with Crippen LogP contribution in [-0.4, -0.2) is 18.5 Å². The molecule has 0 spiro atoms. The van der Waals surface area contributed by atoms with E-state index in [4.69, 9.17) is 5.14 Å². The summed E-state index contributed by atoms with van der Waals surface area (Å²) in [6.45, 7) is 6.11. The van der Waals surface area contributed by atoms with Gasteiger partial charge in [-0.05, 0) is 53.4 Å². The number of amides is 1. The summed E-state index contributed by atoms with van der Waals surface area (Å²) < 4.78 is 36.5. The predicted octanol–water partition coefficient (Wildman–Crippen LogP) is 4.05. The number of nitrogens with one attached hydrogen (secondary N) is 1. The van der Waals surface area contributed by atoms with E-state index >= 15 is 0 Å². The fourth-order valence-corrected chi connectivity index (χ4v) is 4.76. The molecule has 8 heteroatoms. The summed E-state index contributed by atoms with van der Waals surface area (Å²) in [4.78, 5) is 13.9. The molecule has 0 bridgehead atoms. The highest BCUT2D eigenvalue weighted by Crippen LogP contribution is 2.29. The maximum atomic E-state index is 13.3. The van der Waals surface area contributed by atoms with Crippen molar-refractivity contribution in [1.29, 1.82) is 0 Å². The molecular formula is C23H24N2O4S2. The van der Waals surface area contributed by atoms with Crippen LogP contribution in [0, 0.1) is 0 Å². The number of primary sulfonamides is 1. The molecule has 1 atom stereocenters. The van der Waals surface area contributed by atoms with Gasteiger partial charge in [0.1, 0.15) is 0 Å². The summed E-state index contributed by atoms with van der Waals surface area (Å²) in [6, 6.07) is 19.9. The number of anilines is 1. The van der Waals surface area contributed by atoms with E-state index < -0.39 is 26.7 Å². The Hall–Kier alpha value is -2.81. The zero-order chi connectivity index (χ0) is 22.8. The maximum Gasteiger partial charge on any atom is 0.256 e. The van der Waals surface area contributed by atoms with Gasteiger partial charge in [0.15, 0.2) is 0 Å². The van der Waals surface area contributed by atoms with Crippen LogP contribution in [-0.2, 0) is 26.2 Å². The van der Waals surface area contributed by atoms with Crippen molar-refractivity contribution in [2.75, 3.05) is 5.32 Å². The fourth-order valence-electron chi connectivity index (χ4n) is 2.95. The fraction of sp³-hybridized carbons (Fsp3) is 0.174. The van der Waals surface area contributed by atoms with Gasteiger partial charge in [0.25, 0.3) is 5.91 Å². The van der Waals surface area contributed by atoms with E-state index in [0.717, 1.165) is 5.56 Å². The summed E-state index contributed by atoms with van der Waals surface area (Å²) in [5.41, 5.74) is 1.26. The van der Waals surface area contributed by atoms with Crippen LogP contribution in [0.5, 0.6) is 0 Å². The molecule has 0 saturated carbocycles. The van der Waals surface area contributed by atoms with Crippen molar-refractivity contribution < 1.29 is 17.4 Å². The lowest BCUT2D eigenvalue weighted by molar-refractivity contribution is 0.102. The highest BCUT2D eigenvalue weighted by Gasteiger charge is 2.22. The first-order valence-corrected chi connectivity index (χ1v) is 12.2. The first-order valence-electron chi connectivity index (χ1n) is 9.52. The number of hydrogen-bond donors (Lipinski definition) is 2. The quantitative estimate of drug-likeness (QED) is 0.604. The Kier molecular flexibility index (Phi) is 6.45. The molecule has 1 amide bonds. The van der Waals surface area contributed by atoms with Gasteiger partial charge in [-0.25, -0.2) is 17.8 Å². The minimum absolute atomic E-state index is 0.110. The molecule has 1 unspecified atom stereocenters. The van der Waals surface area contributed by atoms with Crippen molar-refractivity contribution in [2.24, 2.45) is 5.14 Å². The van der Waals surface area contributed by atoms with Crippen molar-refractivity contribution in [2.45, 2.75) is 40.9 Å². The van der Waals surface area contributed by atoms with Gasteiger partial charge >= 0.3 is 0 Å². The predicted molar refractivity (Wildman–Crippen MR) is 122 cm³/mol. The Morgan fingerprint density at radius 1 is 0.935 bits per heavy atom. The Morgan fingerprint density at radius 2 is 1.61 bits per heavy atom. The van der Waals surface area contributed by atoms with Gasteiger partial charge in [0, 0.05) is 10.6 Å². The topological polar surface area (TPSA) is 106 Å². The molecule has 162 valence electrons. The Morgan fingerprint density at radius 3 is 2.23 bits per heavy atom. The van der Waals surface area contributed by atoms with Crippen LogP contribution in [0.3, 0.4) is 0 Å². The van der Waals surface area contributed by atoms with Crippen LogP contribution in [0.1, 0.15) is 36.7 Å². The SMILES string of the molecule is CC(C)(C)c1ccc(C(=O)Nc2cccc(S(N)(=O)=O)c2)c(S(=O)c2ccccc2)c1. The molecule has 3 aromatic carbocycles. The second kappa shape index (κ2) is 8.74. The van der Waals surface area contributed by atoms with E-state index in [1.807, 2.05) is 32.9 Å². The zero-order valence-corrected chi connectivity index (χ0v) is 19.1. The van der Waals surface area contributed by atoms with Crippen molar-refractivity contribution >= 4 is 32.4 Å². The Bertz CT molecular complexity index is 1250. The van der Waals surface area contributed by atoms with Crippen LogP contribution in [0.25, 0.3) is 0 Å². The van der Waals surface area contributed by atoms with Gasteiger partial charge in [0.05, 0.1) is 26.2 Å². The van der Waals surface area contributed by atoms with Gasteiger partial charge in [-0.15, -0.1) is 0 Å². The lowest BCUT2D eigenvalue weighted by atomic mass is 9.86. The van der Waals surface area contributed by atoms with E-state index in [1.165, 1.54) is 18.2 Å². The van der Waals surface area contributed by atoms with E-state index in [2.05, 4.69) is 5.32 Å². The molecule has 0 heterocycles. The zero-order valence-electron chi connectivity index (χ0n) is 17.5. The van der Waals surface area contributed by atoms with Gasteiger partial charge in [-0.1, -0.05) is 51.1 Å². The van der Waals surface area contributed by atoms with Crippen LogP contribution in [0.15, 0.2) is 87.5 Å². The van der Waals surface area contributed by atoms with Crippen molar-refractivity contribution in [3.05, 3.63) is 83.9 Å². The largest absolute Gasteiger partial charge is 0.322 e. The van der Waals surface area contributed by atoms with Crippen LogP contribution >= 0.6 is 0 Å². The minimum Gasteiger partial charge on any atom is -0.322 e. The molecular weight excluding hydrogens is 432 g/mol. The minimum atomic E-state index is -3.91. The smallest absolute Gasteiger partial charge is 0.256 e. The van der Waals surface area contributed by atoms with Gasteiger partial charge in [-0.2, -0.15) is 0 Å². The number of hydrogen-bond acceptors (Lipinski definition) is 4. The lowest BCUT2D eigenvalue weighted by Crippen LogP contribution is -2.18. The van der Waals surface area contributed by atoms with Crippen molar-refractivity contribution in [1.82, 2.24) is 0 Å². The standard InChI is InChI=1S/C23H24N2O4S2/c1-23(2,3)16-12-13-20(21(14-16)30(27)18-9-5-4-6-10-18)22(26)25-17-8-7-11-19(15-17)31(24,28)29/h4-15H,1-3H3,(H,25,26)(H2,24,28,29). The van der Waals surface area contributed by atoms with Crippen LogP contribution < -0.4 is 10.5 Å². The van der Waals surface area contributed by atoms with Gasteiger partial charge in [0.2, 0.25) is 10.0 Å². The second-order valence-corrected chi connectivity index (χ2v) is 11.1. The average Bonchev–Trinajstić information content (AvgIpc) is 2.72. The summed E-state index contributed by atoms with van der Waals surface area (Å²) in [5.74, 6) is -0.494. The maximum absolute atomic E-state index is 13.3. The molecule has 0 aliphatic carbocycles. The molecule has 0 radical (unpaired) electrons. The van der Waals surface area contributed by atoms with Gasteiger partial charge in [-0.3, -0.25) is 4.79 Å². The van der Waals surface area contributed by atoms with Gasteiger partial charge < -0.3 is 5.32 Å². The monoisotopic (exact) mass is 456 g/mol. The third-order valence-corrected chi connectivity index (χ3v) is 7.02. The van der Waals surface area contributed by atoms with Crippen molar-refractivity contribution in [3.63, 3.8) is 0 Å². The third kappa shape index (κ3) is 5.46. The van der Waals surface area contributed by atoms with Crippen LogP contribution in [0.2, 0.25) is 0 Å². The molecule has 0 fully saturated rings. The Balaban J connectivity index is 2.04. The summed E-state index contributed by atoms with van der Waals surface area (Å²) in [7, 11) is -5.48. The van der Waals surface area contributed by atoms with E-state index in [9.17, 15) is 17.4 Å². The molecule has 0 aliphatic rings. The lowest BCUT2D eigenvalue weighted by Gasteiger charge is -2.21. The molecule has 0 aromatic heterocycles. The molecule has 3 N–H and O–H groups in total.